The van der Waals surface area contributed by atoms with E-state index in [-0.39, 0.29) is 12.5 Å². The highest BCUT2D eigenvalue weighted by Gasteiger charge is 2.40. The molecule has 1 aliphatic rings. The number of pyridine rings is 1. The Labute approximate surface area is 143 Å². The fourth-order valence-corrected chi connectivity index (χ4v) is 3.13. The zero-order chi connectivity index (χ0) is 17.2. The number of hydrogen-bond acceptors (Lipinski definition) is 4. The highest BCUT2D eigenvalue weighted by atomic mass is 35.5. The van der Waals surface area contributed by atoms with Gasteiger partial charge in [0.25, 0.3) is 5.91 Å². The lowest BCUT2D eigenvalue weighted by Crippen LogP contribution is -2.46. The Morgan fingerprint density at radius 3 is 2.79 bits per heavy atom. The molecule has 2 aromatic rings. The Morgan fingerprint density at radius 2 is 2.08 bits per heavy atom. The van der Waals surface area contributed by atoms with Gasteiger partial charge >= 0.3 is 5.97 Å². The van der Waals surface area contributed by atoms with Crippen molar-refractivity contribution in [3.8, 4) is 0 Å². The van der Waals surface area contributed by atoms with E-state index in [1.807, 2.05) is 6.07 Å². The van der Waals surface area contributed by atoms with Gasteiger partial charge in [0.05, 0.1) is 16.5 Å². The van der Waals surface area contributed by atoms with Crippen molar-refractivity contribution < 1.29 is 19.4 Å². The Kier molecular flexibility index (Phi) is 4.69. The summed E-state index contributed by atoms with van der Waals surface area (Å²) in [6, 6.07) is 6.87. The molecule has 1 aromatic heterocycles. The van der Waals surface area contributed by atoms with Crippen LogP contribution < -0.4 is 5.32 Å². The monoisotopic (exact) mass is 348 g/mol. The molecule has 1 saturated heterocycles. The number of benzene rings is 1. The topological polar surface area (TPSA) is 88.5 Å². The van der Waals surface area contributed by atoms with Gasteiger partial charge in [-0.3, -0.25) is 14.6 Å². The van der Waals surface area contributed by atoms with Crippen LogP contribution in [0.2, 0.25) is 5.02 Å². The molecule has 0 unspecified atom stereocenters. The summed E-state index contributed by atoms with van der Waals surface area (Å²) in [4.78, 5) is 28.5. The number of carboxylic acids is 1. The van der Waals surface area contributed by atoms with E-state index in [2.05, 4.69) is 10.3 Å². The van der Waals surface area contributed by atoms with Gasteiger partial charge in [-0.15, -0.1) is 0 Å². The number of fused-ring (bicyclic) bond motifs is 1. The molecular weight excluding hydrogens is 332 g/mol. The van der Waals surface area contributed by atoms with Gasteiger partial charge in [0.2, 0.25) is 0 Å². The summed E-state index contributed by atoms with van der Waals surface area (Å²) in [5.41, 5.74) is -0.114. The average Bonchev–Trinajstić information content (AvgIpc) is 2.59. The number of nitrogens with one attached hydrogen (secondary N) is 1. The van der Waals surface area contributed by atoms with Gasteiger partial charge in [-0.2, -0.15) is 0 Å². The maximum absolute atomic E-state index is 12.6. The molecule has 24 heavy (non-hydrogen) atoms. The number of carboxylic acid groups (broad SMARTS) is 1. The molecule has 126 valence electrons. The number of aliphatic carboxylic acids is 1. The van der Waals surface area contributed by atoms with Gasteiger partial charge in [-0.1, -0.05) is 17.7 Å². The van der Waals surface area contributed by atoms with Gasteiger partial charge in [-0.05, 0) is 31.0 Å². The van der Waals surface area contributed by atoms with E-state index in [9.17, 15) is 14.7 Å². The zero-order valence-electron chi connectivity index (χ0n) is 12.9. The van der Waals surface area contributed by atoms with Crippen molar-refractivity contribution in [2.45, 2.75) is 12.8 Å². The van der Waals surface area contributed by atoms with Crippen LogP contribution in [-0.2, 0) is 9.53 Å². The predicted octanol–water partition coefficient (Wildman–Crippen LogP) is 2.50. The number of rotatable bonds is 4. The van der Waals surface area contributed by atoms with Crippen molar-refractivity contribution >= 4 is 34.4 Å². The first-order valence-corrected chi connectivity index (χ1v) is 8.03. The Bertz CT molecular complexity index is 787. The van der Waals surface area contributed by atoms with Crippen LogP contribution in [-0.4, -0.2) is 41.7 Å². The molecule has 7 heteroatoms. The molecule has 1 aromatic carbocycles. The summed E-state index contributed by atoms with van der Waals surface area (Å²) in [6.07, 6.45) is 2.35. The standard InChI is InChI=1S/C17H17ClN2O4/c18-12-8-11-2-1-5-19-14(11)13(9-12)15(21)20-10-17(16(22)23)3-6-24-7-4-17/h1-2,5,8-9H,3-4,6-7,10H2,(H,20,21)(H,22,23). The van der Waals surface area contributed by atoms with Crippen LogP contribution in [0, 0.1) is 5.41 Å². The number of hydrogen-bond donors (Lipinski definition) is 2. The second-order valence-corrected chi connectivity index (χ2v) is 6.35. The Morgan fingerprint density at radius 1 is 1.33 bits per heavy atom. The molecule has 3 rings (SSSR count). The third kappa shape index (κ3) is 3.20. The van der Waals surface area contributed by atoms with E-state index in [1.54, 1.807) is 24.4 Å². The number of carbonyl (C=O) groups is 2. The van der Waals surface area contributed by atoms with E-state index in [0.29, 0.717) is 42.2 Å². The maximum Gasteiger partial charge on any atom is 0.311 e. The van der Waals surface area contributed by atoms with Crippen LogP contribution in [0.1, 0.15) is 23.2 Å². The van der Waals surface area contributed by atoms with E-state index in [1.165, 1.54) is 0 Å². The van der Waals surface area contributed by atoms with Crippen molar-refractivity contribution in [3.05, 3.63) is 41.0 Å². The number of amides is 1. The quantitative estimate of drug-likeness (QED) is 0.886. The van der Waals surface area contributed by atoms with E-state index in [0.717, 1.165) is 5.39 Å². The fraction of sp³-hybridized carbons (Fsp3) is 0.353. The molecule has 0 radical (unpaired) electrons. The van der Waals surface area contributed by atoms with Crippen LogP contribution in [0.3, 0.4) is 0 Å². The third-order valence-corrected chi connectivity index (χ3v) is 4.62. The minimum absolute atomic E-state index is 0.0470. The summed E-state index contributed by atoms with van der Waals surface area (Å²) < 4.78 is 5.24. The summed E-state index contributed by atoms with van der Waals surface area (Å²) in [5, 5.41) is 13.5. The van der Waals surface area contributed by atoms with Crippen molar-refractivity contribution in [1.29, 1.82) is 0 Å². The molecule has 0 aliphatic carbocycles. The van der Waals surface area contributed by atoms with Gasteiger partial charge in [0, 0.05) is 36.4 Å². The molecule has 2 heterocycles. The molecule has 1 fully saturated rings. The highest BCUT2D eigenvalue weighted by Crippen LogP contribution is 2.30. The van der Waals surface area contributed by atoms with Crippen molar-refractivity contribution in [2.24, 2.45) is 5.41 Å². The minimum atomic E-state index is -0.990. The van der Waals surface area contributed by atoms with E-state index < -0.39 is 11.4 Å². The van der Waals surface area contributed by atoms with Crippen LogP contribution in [0.5, 0.6) is 0 Å². The molecule has 0 spiro atoms. The number of carbonyl (C=O) groups excluding carboxylic acids is 1. The highest BCUT2D eigenvalue weighted by molar-refractivity contribution is 6.32. The van der Waals surface area contributed by atoms with E-state index in [4.69, 9.17) is 16.3 Å². The number of nitrogens with zero attached hydrogens (tertiary/aromatic N) is 1. The third-order valence-electron chi connectivity index (χ3n) is 4.41. The van der Waals surface area contributed by atoms with Crippen molar-refractivity contribution in [1.82, 2.24) is 10.3 Å². The van der Waals surface area contributed by atoms with Crippen LogP contribution >= 0.6 is 11.6 Å². The number of aromatic nitrogens is 1. The normalized spacial score (nSPS) is 16.7. The number of halogens is 1. The molecule has 0 atom stereocenters. The lowest BCUT2D eigenvalue weighted by atomic mass is 9.80. The minimum Gasteiger partial charge on any atom is -0.481 e. The predicted molar refractivity (Wildman–Crippen MR) is 89.2 cm³/mol. The summed E-state index contributed by atoms with van der Waals surface area (Å²) in [7, 11) is 0. The molecule has 0 bridgehead atoms. The summed E-state index contributed by atoms with van der Waals surface area (Å²) >= 11 is 6.08. The molecular formula is C17H17ClN2O4. The van der Waals surface area contributed by atoms with Crippen LogP contribution in [0.15, 0.2) is 30.5 Å². The van der Waals surface area contributed by atoms with Gasteiger partial charge in [-0.25, -0.2) is 0 Å². The largest absolute Gasteiger partial charge is 0.481 e. The van der Waals surface area contributed by atoms with Crippen LogP contribution in [0.4, 0.5) is 0 Å². The lowest BCUT2D eigenvalue weighted by molar-refractivity contribution is -0.154. The smallest absolute Gasteiger partial charge is 0.311 e. The molecule has 6 nitrogen and oxygen atoms in total. The molecule has 2 N–H and O–H groups in total. The maximum atomic E-state index is 12.6. The molecule has 1 amide bonds. The van der Waals surface area contributed by atoms with Gasteiger partial charge in [0.15, 0.2) is 0 Å². The van der Waals surface area contributed by atoms with Gasteiger partial charge in [0.1, 0.15) is 0 Å². The summed E-state index contributed by atoms with van der Waals surface area (Å²) in [6.45, 7) is 0.805. The van der Waals surface area contributed by atoms with Crippen molar-refractivity contribution in [3.63, 3.8) is 0 Å². The SMILES string of the molecule is O=C(NCC1(C(=O)O)CCOCC1)c1cc(Cl)cc2cccnc12. The first kappa shape index (κ1) is 16.7. The zero-order valence-corrected chi connectivity index (χ0v) is 13.7. The summed E-state index contributed by atoms with van der Waals surface area (Å²) in [5.74, 6) is -1.30. The molecule has 0 saturated carbocycles. The lowest BCUT2D eigenvalue weighted by Gasteiger charge is -2.33. The first-order chi connectivity index (χ1) is 11.5. The second kappa shape index (κ2) is 6.75. The Hall–Kier alpha value is -2.18. The van der Waals surface area contributed by atoms with Crippen molar-refractivity contribution in [2.75, 3.05) is 19.8 Å². The fourth-order valence-electron chi connectivity index (χ4n) is 2.90. The first-order valence-electron chi connectivity index (χ1n) is 7.65. The second-order valence-electron chi connectivity index (χ2n) is 5.91. The molecule has 1 aliphatic heterocycles. The van der Waals surface area contributed by atoms with Gasteiger partial charge < -0.3 is 15.2 Å². The Balaban J connectivity index is 1.84. The number of ether oxygens (including phenoxy) is 1. The van der Waals surface area contributed by atoms with E-state index >= 15 is 0 Å². The average molecular weight is 349 g/mol. The van der Waals surface area contributed by atoms with Crippen LogP contribution in [0.25, 0.3) is 10.9 Å².